The lowest BCUT2D eigenvalue weighted by Crippen LogP contribution is -2.14. The van der Waals surface area contributed by atoms with Gasteiger partial charge in [0.15, 0.2) is 0 Å². The average molecular weight is 403 g/mol. The van der Waals surface area contributed by atoms with E-state index >= 15 is 0 Å². The monoisotopic (exact) mass is 402 g/mol. The van der Waals surface area contributed by atoms with Gasteiger partial charge in [-0.05, 0) is 58.4 Å². The van der Waals surface area contributed by atoms with Gasteiger partial charge < -0.3 is 4.74 Å². The van der Waals surface area contributed by atoms with Crippen molar-refractivity contribution in [2.24, 2.45) is 0 Å². The van der Waals surface area contributed by atoms with Crippen LogP contribution in [0.25, 0.3) is 0 Å². The van der Waals surface area contributed by atoms with Crippen LogP contribution < -0.4 is 4.74 Å². The summed E-state index contributed by atoms with van der Waals surface area (Å²) < 4.78 is 41.4. The van der Waals surface area contributed by atoms with E-state index in [1.165, 1.54) is 24.3 Å². The first-order valence-corrected chi connectivity index (χ1v) is 7.76. The average Bonchev–Trinajstić information content (AvgIpc) is 2.58. The van der Waals surface area contributed by atoms with Gasteiger partial charge in [0, 0.05) is 11.1 Å². The Morgan fingerprint density at radius 3 is 1.96 bits per heavy atom. The molecule has 0 saturated heterocycles. The number of halogens is 4. The summed E-state index contributed by atoms with van der Waals surface area (Å²) in [5, 5.41) is 0. The molecule has 0 aliphatic rings. The zero-order valence-electron chi connectivity index (χ0n) is 12.9. The fourth-order valence-electron chi connectivity index (χ4n) is 1.69. The van der Waals surface area contributed by atoms with Gasteiger partial charge in [0.05, 0.1) is 4.47 Å². The highest BCUT2D eigenvalue weighted by molar-refractivity contribution is 9.10. The molecule has 0 heterocycles. The molecule has 0 amide bonds. The number of alkyl halides is 2. The van der Waals surface area contributed by atoms with E-state index in [0.717, 1.165) is 18.2 Å². The molecular weight excluding hydrogens is 389 g/mol. The number of carbonyl (C=O) groups excluding carboxylic acids is 2. The third kappa shape index (κ3) is 5.19. The molecule has 7 heteroatoms. The maximum absolute atomic E-state index is 13.1. The zero-order chi connectivity index (χ0) is 18.3. The van der Waals surface area contributed by atoms with E-state index in [2.05, 4.69) is 20.7 Å². The van der Waals surface area contributed by atoms with Crippen LogP contribution in [0.1, 0.15) is 34.6 Å². The molecule has 0 fully saturated rings. The maximum atomic E-state index is 13.1. The van der Waals surface area contributed by atoms with Crippen molar-refractivity contribution in [3.05, 3.63) is 63.9 Å². The van der Waals surface area contributed by atoms with Crippen molar-refractivity contribution in [2.45, 2.75) is 20.5 Å². The lowest BCUT2D eigenvalue weighted by molar-refractivity contribution is -0.0498. The number of benzene rings is 2. The van der Waals surface area contributed by atoms with E-state index in [0.29, 0.717) is 0 Å². The molecule has 0 N–H and O–H groups in total. The number of ether oxygens (including phenoxy) is 1. The molecule has 0 spiro atoms. The Bertz CT molecular complexity index is 716. The van der Waals surface area contributed by atoms with Gasteiger partial charge in [0.2, 0.25) is 11.6 Å². The SMILES string of the molecule is CC.O=C(C(=O)c1ccc(F)c(Br)c1)c1ccc(OC(F)F)cc1. The van der Waals surface area contributed by atoms with Gasteiger partial charge >= 0.3 is 6.61 Å². The van der Waals surface area contributed by atoms with E-state index < -0.39 is 24.0 Å². The van der Waals surface area contributed by atoms with E-state index in [-0.39, 0.29) is 21.3 Å². The normalized spacial score (nSPS) is 9.96. The highest BCUT2D eigenvalue weighted by Crippen LogP contribution is 2.19. The van der Waals surface area contributed by atoms with E-state index in [9.17, 15) is 22.8 Å². The molecule has 0 aromatic heterocycles. The van der Waals surface area contributed by atoms with Crippen LogP contribution in [0.2, 0.25) is 0 Å². The van der Waals surface area contributed by atoms with Gasteiger partial charge in [-0.15, -0.1) is 0 Å². The van der Waals surface area contributed by atoms with Crippen molar-refractivity contribution < 1.29 is 27.5 Å². The second-order valence-electron chi connectivity index (χ2n) is 4.19. The Hall–Kier alpha value is -2.15. The first-order valence-electron chi connectivity index (χ1n) is 6.97. The molecule has 0 radical (unpaired) electrons. The maximum Gasteiger partial charge on any atom is 0.387 e. The minimum absolute atomic E-state index is 0.0196. The Labute approximate surface area is 145 Å². The number of hydrogen-bond donors (Lipinski definition) is 0. The van der Waals surface area contributed by atoms with Crippen LogP contribution in [-0.4, -0.2) is 18.2 Å². The fraction of sp³-hybridized carbons (Fsp3) is 0.176. The van der Waals surface area contributed by atoms with Crippen LogP contribution in [-0.2, 0) is 0 Å². The lowest BCUT2D eigenvalue weighted by Gasteiger charge is -2.05. The molecule has 2 aromatic rings. The largest absolute Gasteiger partial charge is 0.435 e. The third-order valence-electron chi connectivity index (χ3n) is 2.73. The molecule has 0 atom stereocenters. The molecule has 24 heavy (non-hydrogen) atoms. The van der Waals surface area contributed by atoms with Crippen LogP contribution in [0.15, 0.2) is 46.9 Å². The number of Topliss-reactive ketones (excluding diaryl/α,β-unsaturated/α-hetero) is 2. The summed E-state index contributed by atoms with van der Waals surface area (Å²) in [5.74, 6) is -2.34. The molecule has 2 aromatic carbocycles. The molecule has 0 aliphatic heterocycles. The molecule has 0 unspecified atom stereocenters. The van der Waals surface area contributed by atoms with Crippen LogP contribution in [0.4, 0.5) is 13.2 Å². The number of ketones is 2. The van der Waals surface area contributed by atoms with Crippen molar-refractivity contribution in [1.29, 1.82) is 0 Å². The van der Waals surface area contributed by atoms with E-state index in [1.807, 2.05) is 13.8 Å². The fourth-order valence-corrected chi connectivity index (χ4v) is 2.07. The first kappa shape index (κ1) is 19.9. The summed E-state index contributed by atoms with van der Waals surface area (Å²) in [7, 11) is 0. The Morgan fingerprint density at radius 1 is 0.958 bits per heavy atom. The van der Waals surface area contributed by atoms with Crippen LogP contribution in [0.3, 0.4) is 0 Å². The minimum atomic E-state index is -2.97. The summed E-state index contributed by atoms with van der Waals surface area (Å²) in [6, 6.07) is 8.18. The Balaban J connectivity index is 0.00000139. The second-order valence-corrected chi connectivity index (χ2v) is 5.04. The molecule has 2 rings (SSSR count). The zero-order valence-corrected chi connectivity index (χ0v) is 14.4. The topological polar surface area (TPSA) is 43.4 Å². The number of rotatable bonds is 5. The predicted molar refractivity (Wildman–Crippen MR) is 87.2 cm³/mol. The third-order valence-corrected chi connectivity index (χ3v) is 3.34. The molecule has 3 nitrogen and oxygen atoms in total. The summed E-state index contributed by atoms with van der Waals surface area (Å²) in [6.45, 7) is 1.03. The van der Waals surface area contributed by atoms with Crippen molar-refractivity contribution in [3.63, 3.8) is 0 Å². The van der Waals surface area contributed by atoms with E-state index in [1.54, 1.807) is 0 Å². The highest BCUT2D eigenvalue weighted by atomic mass is 79.9. The highest BCUT2D eigenvalue weighted by Gasteiger charge is 2.19. The minimum Gasteiger partial charge on any atom is -0.435 e. The molecule has 0 aliphatic carbocycles. The molecule has 128 valence electrons. The predicted octanol–water partition coefficient (Wildman–Crippen LogP) is 5.28. The summed E-state index contributed by atoms with van der Waals surface area (Å²) in [6.07, 6.45) is 0. The molecule has 0 saturated carbocycles. The van der Waals surface area contributed by atoms with Crippen LogP contribution in [0.5, 0.6) is 5.75 Å². The first-order chi connectivity index (χ1) is 11.4. The van der Waals surface area contributed by atoms with Gasteiger partial charge in [-0.3, -0.25) is 9.59 Å². The van der Waals surface area contributed by atoms with Crippen molar-refractivity contribution in [2.75, 3.05) is 0 Å². The smallest absolute Gasteiger partial charge is 0.387 e. The van der Waals surface area contributed by atoms with Crippen molar-refractivity contribution >= 4 is 27.5 Å². The number of carbonyl (C=O) groups is 2. The summed E-state index contributed by atoms with van der Waals surface area (Å²) in [5.41, 5.74) is 0.0400. The Kier molecular flexibility index (Phi) is 7.64. The van der Waals surface area contributed by atoms with Gasteiger partial charge in [-0.25, -0.2) is 4.39 Å². The standard InChI is InChI=1S/C15H8BrF3O3.C2H6/c16-11-7-9(3-6-12(11)17)14(21)13(20)8-1-4-10(5-2-8)22-15(18)19;1-2/h1-7,15H;1-2H3. The molecular formula is C17H14BrF3O3. The van der Waals surface area contributed by atoms with Crippen LogP contribution >= 0.6 is 15.9 Å². The van der Waals surface area contributed by atoms with Crippen molar-refractivity contribution in [1.82, 2.24) is 0 Å². The van der Waals surface area contributed by atoms with Gasteiger partial charge in [-0.1, -0.05) is 13.8 Å². The molecule has 0 bridgehead atoms. The summed E-state index contributed by atoms with van der Waals surface area (Å²) >= 11 is 2.93. The number of hydrogen-bond acceptors (Lipinski definition) is 3. The summed E-state index contributed by atoms with van der Waals surface area (Å²) in [4.78, 5) is 24.1. The van der Waals surface area contributed by atoms with Crippen molar-refractivity contribution in [3.8, 4) is 5.75 Å². The van der Waals surface area contributed by atoms with Gasteiger partial charge in [0.1, 0.15) is 11.6 Å². The Morgan fingerprint density at radius 2 is 1.46 bits per heavy atom. The van der Waals surface area contributed by atoms with Gasteiger partial charge in [0.25, 0.3) is 0 Å². The quantitative estimate of drug-likeness (QED) is 0.504. The van der Waals surface area contributed by atoms with Crippen LogP contribution in [0, 0.1) is 5.82 Å². The second kappa shape index (κ2) is 9.22. The lowest BCUT2D eigenvalue weighted by atomic mass is 10.0. The van der Waals surface area contributed by atoms with E-state index in [4.69, 9.17) is 0 Å². The van der Waals surface area contributed by atoms with Gasteiger partial charge in [-0.2, -0.15) is 8.78 Å².